The molecule has 0 saturated heterocycles. The molecule has 3 heteroatoms. The number of aromatic nitrogens is 1. The monoisotopic (exact) mass is 288 g/mol. The fourth-order valence-electron chi connectivity index (χ4n) is 2.79. The lowest BCUT2D eigenvalue weighted by Gasteiger charge is -2.11. The topological polar surface area (TPSA) is 8.17 Å². The molecule has 20 heavy (non-hydrogen) atoms. The van der Waals surface area contributed by atoms with Gasteiger partial charge in [-0.3, -0.25) is 0 Å². The van der Waals surface area contributed by atoms with E-state index in [0.717, 1.165) is 13.1 Å². The molecule has 0 aliphatic rings. The highest BCUT2D eigenvalue weighted by Crippen LogP contribution is 2.28. The molecule has 0 radical (unpaired) electrons. The first kappa shape index (κ1) is 14.9. The molecule has 0 spiro atoms. The van der Waals surface area contributed by atoms with E-state index in [1.54, 1.807) is 0 Å². The predicted octanol–water partition coefficient (Wildman–Crippen LogP) is 4.17. The Morgan fingerprint density at radius 1 is 0.850 bits per heavy atom. The van der Waals surface area contributed by atoms with Crippen LogP contribution in [0.5, 0.6) is 0 Å². The zero-order valence-electron chi connectivity index (χ0n) is 12.0. The summed E-state index contributed by atoms with van der Waals surface area (Å²) >= 11 is 0. The van der Waals surface area contributed by atoms with E-state index in [4.69, 9.17) is 0 Å². The van der Waals surface area contributed by atoms with Gasteiger partial charge in [-0.15, -0.1) is 12.4 Å². The highest BCUT2D eigenvalue weighted by atomic mass is 35.5. The second-order valence-corrected chi connectivity index (χ2v) is 5.34. The van der Waals surface area contributed by atoms with Crippen LogP contribution in [0, 0.1) is 0 Å². The summed E-state index contributed by atoms with van der Waals surface area (Å²) in [6, 6.07) is 17.4. The molecule has 0 amide bonds. The molecule has 0 N–H and O–H groups in total. The zero-order chi connectivity index (χ0) is 13.2. The van der Waals surface area contributed by atoms with Crippen molar-refractivity contribution in [1.29, 1.82) is 0 Å². The predicted molar refractivity (Wildman–Crippen MR) is 89.9 cm³/mol. The molecule has 1 aromatic heterocycles. The van der Waals surface area contributed by atoms with Crippen molar-refractivity contribution in [3.05, 3.63) is 48.5 Å². The first-order valence-corrected chi connectivity index (χ1v) is 6.88. The zero-order valence-corrected chi connectivity index (χ0v) is 12.9. The van der Waals surface area contributed by atoms with Crippen molar-refractivity contribution in [1.82, 2.24) is 9.47 Å². The number of halogens is 1. The average molecular weight is 289 g/mol. The lowest BCUT2D eigenvalue weighted by molar-refractivity contribution is 0.389. The molecule has 0 aliphatic heterocycles. The van der Waals surface area contributed by atoms with Crippen LogP contribution in [0.3, 0.4) is 0 Å². The third-order valence-corrected chi connectivity index (χ3v) is 3.67. The summed E-state index contributed by atoms with van der Waals surface area (Å²) in [5.41, 5.74) is 2.70. The Balaban J connectivity index is 0.00000147. The maximum absolute atomic E-state index is 2.45. The Hall–Kier alpha value is -1.51. The number of para-hydroxylation sites is 2. The second kappa shape index (κ2) is 6.29. The van der Waals surface area contributed by atoms with Crippen LogP contribution >= 0.6 is 12.4 Å². The van der Waals surface area contributed by atoms with E-state index in [-0.39, 0.29) is 12.4 Å². The SMILES string of the molecule is CN(C)CCCn1c2ccccc2c2ccccc21.Cl. The normalized spacial score (nSPS) is 11.2. The average Bonchev–Trinajstić information content (AvgIpc) is 2.74. The van der Waals surface area contributed by atoms with Crippen LogP contribution in [0.15, 0.2) is 48.5 Å². The van der Waals surface area contributed by atoms with Gasteiger partial charge >= 0.3 is 0 Å². The number of aryl methyl sites for hydroxylation is 1. The molecule has 3 aromatic rings. The lowest BCUT2D eigenvalue weighted by atomic mass is 10.2. The van der Waals surface area contributed by atoms with E-state index < -0.39 is 0 Å². The molecular formula is C17H21ClN2. The first-order chi connectivity index (χ1) is 9.27. The summed E-state index contributed by atoms with van der Waals surface area (Å²) in [7, 11) is 4.26. The minimum absolute atomic E-state index is 0. The molecule has 0 fully saturated rings. The van der Waals surface area contributed by atoms with E-state index in [0.29, 0.717) is 0 Å². The Morgan fingerprint density at radius 3 is 1.85 bits per heavy atom. The van der Waals surface area contributed by atoms with Crippen molar-refractivity contribution in [3.63, 3.8) is 0 Å². The highest BCUT2D eigenvalue weighted by Gasteiger charge is 2.08. The molecule has 0 bridgehead atoms. The number of fused-ring (bicyclic) bond motifs is 3. The van der Waals surface area contributed by atoms with Crippen LogP contribution in [0.25, 0.3) is 21.8 Å². The fraction of sp³-hybridized carbons (Fsp3) is 0.294. The van der Waals surface area contributed by atoms with Crippen LogP contribution in [0.2, 0.25) is 0 Å². The fourth-order valence-corrected chi connectivity index (χ4v) is 2.79. The van der Waals surface area contributed by atoms with E-state index in [9.17, 15) is 0 Å². The third kappa shape index (κ3) is 2.67. The molecule has 106 valence electrons. The van der Waals surface area contributed by atoms with Gasteiger partial charge in [-0.2, -0.15) is 0 Å². The number of rotatable bonds is 4. The first-order valence-electron chi connectivity index (χ1n) is 6.88. The third-order valence-electron chi connectivity index (χ3n) is 3.67. The number of hydrogen-bond acceptors (Lipinski definition) is 1. The lowest BCUT2D eigenvalue weighted by Crippen LogP contribution is -2.15. The van der Waals surface area contributed by atoms with Crippen molar-refractivity contribution in [2.75, 3.05) is 20.6 Å². The van der Waals surface area contributed by atoms with Crippen molar-refractivity contribution >= 4 is 34.2 Å². The Kier molecular flexibility index (Phi) is 4.69. The summed E-state index contributed by atoms with van der Waals surface area (Å²) in [4.78, 5) is 2.24. The van der Waals surface area contributed by atoms with Crippen LogP contribution in [-0.4, -0.2) is 30.1 Å². The Bertz CT molecular complexity index is 647. The molecule has 2 aromatic carbocycles. The van der Waals surface area contributed by atoms with Gasteiger partial charge in [-0.1, -0.05) is 36.4 Å². The van der Waals surface area contributed by atoms with Crippen LogP contribution in [-0.2, 0) is 6.54 Å². The number of nitrogens with zero attached hydrogens (tertiary/aromatic N) is 2. The molecule has 0 unspecified atom stereocenters. The van der Waals surface area contributed by atoms with Crippen molar-refractivity contribution in [2.24, 2.45) is 0 Å². The number of benzene rings is 2. The van der Waals surface area contributed by atoms with Gasteiger partial charge < -0.3 is 9.47 Å². The minimum atomic E-state index is 0. The minimum Gasteiger partial charge on any atom is -0.340 e. The quantitative estimate of drug-likeness (QED) is 0.699. The van der Waals surface area contributed by atoms with Gasteiger partial charge in [-0.25, -0.2) is 0 Å². The molecular weight excluding hydrogens is 268 g/mol. The molecule has 0 aliphatic carbocycles. The van der Waals surface area contributed by atoms with Crippen molar-refractivity contribution in [2.45, 2.75) is 13.0 Å². The molecule has 0 atom stereocenters. The molecule has 2 nitrogen and oxygen atoms in total. The summed E-state index contributed by atoms with van der Waals surface area (Å²) in [6.07, 6.45) is 1.18. The Labute approximate surface area is 126 Å². The smallest absolute Gasteiger partial charge is 0.0491 e. The molecule has 0 saturated carbocycles. The summed E-state index contributed by atoms with van der Waals surface area (Å²) < 4.78 is 2.45. The standard InChI is InChI=1S/C17H20N2.ClH/c1-18(2)12-7-13-19-16-10-5-3-8-14(16)15-9-4-6-11-17(15)19;/h3-6,8-11H,7,12-13H2,1-2H3;1H. The summed E-state index contributed by atoms with van der Waals surface area (Å²) in [5, 5.41) is 2.73. The van der Waals surface area contributed by atoms with Crippen molar-refractivity contribution < 1.29 is 0 Å². The van der Waals surface area contributed by atoms with Crippen LogP contribution in [0.1, 0.15) is 6.42 Å². The van der Waals surface area contributed by atoms with Crippen LogP contribution in [0.4, 0.5) is 0 Å². The van der Waals surface area contributed by atoms with Gasteiger partial charge in [0.15, 0.2) is 0 Å². The largest absolute Gasteiger partial charge is 0.340 e. The van der Waals surface area contributed by atoms with Gasteiger partial charge in [0.2, 0.25) is 0 Å². The van der Waals surface area contributed by atoms with Gasteiger partial charge in [0, 0.05) is 28.4 Å². The van der Waals surface area contributed by atoms with Gasteiger partial charge in [0.1, 0.15) is 0 Å². The maximum atomic E-state index is 2.45. The second-order valence-electron chi connectivity index (χ2n) is 5.34. The van der Waals surface area contributed by atoms with E-state index in [2.05, 4.69) is 72.1 Å². The van der Waals surface area contributed by atoms with Crippen molar-refractivity contribution in [3.8, 4) is 0 Å². The van der Waals surface area contributed by atoms with E-state index in [1.807, 2.05) is 0 Å². The maximum Gasteiger partial charge on any atom is 0.0491 e. The number of hydrogen-bond donors (Lipinski definition) is 0. The highest BCUT2D eigenvalue weighted by molar-refractivity contribution is 6.07. The van der Waals surface area contributed by atoms with Crippen LogP contribution < -0.4 is 0 Å². The van der Waals surface area contributed by atoms with E-state index in [1.165, 1.54) is 28.2 Å². The van der Waals surface area contributed by atoms with Gasteiger partial charge in [0.25, 0.3) is 0 Å². The molecule has 1 heterocycles. The molecule has 3 rings (SSSR count). The van der Waals surface area contributed by atoms with Gasteiger partial charge in [0.05, 0.1) is 0 Å². The van der Waals surface area contributed by atoms with Gasteiger partial charge in [-0.05, 0) is 39.2 Å². The van der Waals surface area contributed by atoms with E-state index >= 15 is 0 Å². The summed E-state index contributed by atoms with van der Waals surface area (Å²) in [5.74, 6) is 0. The Morgan fingerprint density at radius 2 is 1.35 bits per heavy atom. The summed E-state index contributed by atoms with van der Waals surface area (Å²) in [6.45, 7) is 2.20.